The average Bonchev–Trinajstić information content (AvgIpc) is 2.75. The van der Waals surface area contributed by atoms with E-state index in [1.54, 1.807) is 11.3 Å². The van der Waals surface area contributed by atoms with Crippen LogP contribution in [0.15, 0.2) is 10.8 Å². The molecule has 2 rings (SSSR count). The van der Waals surface area contributed by atoms with E-state index in [1.165, 1.54) is 37.7 Å². The second-order valence-corrected chi connectivity index (χ2v) is 6.95. The van der Waals surface area contributed by atoms with Crippen LogP contribution in [0.5, 0.6) is 0 Å². The maximum Gasteiger partial charge on any atom is 0.412 e. The molecule has 1 aromatic rings. The molecule has 19 heavy (non-hydrogen) atoms. The summed E-state index contributed by atoms with van der Waals surface area (Å²) in [5, 5.41) is 7.07. The van der Waals surface area contributed by atoms with Crippen molar-refractivity contribution in [3.8, 4) is 0 Å². The Balaban J connectivity index is 2.01. The van der Waals surface area contributed by atoms with E-state index in [1.807, 2.05) is 26.2 Å². The largest absolute Gasteiger partial charge is 0.444 e. The topological polar surface area (TPSA) is 38.3 Å². The minimum absolute atomic E-state index is 0.358. The van der Waals surface area contributed by atoms with Crippen molar-refractivity contribution in [1.82, 2.24) is 0 Å². The lowest BCUT2D eigenvalue weighted by molar-refractivity contribution is 0.0636. The van der Waals surface area contributed by atoms with Crippen LogP contribution in [0.4, 0.5) is 10.5 Å². The van der Waals surface area contributed by atoms with Gasteiger partial charge in [0.05, 0.1) is 5.69 Å². The van der Waals surface area contributed by atoms with Gasteiger partial charge in [0.1, 0.15) is 5.60 Å². The molecule has 0 aliphatic heterocycles. The zero-order chi connectivity index (χ0) is 13.9. The molecule has 0 atom stereocenters. The molecule has 0 bridgehead atoms. The highest BCUT2D eigenvalue weighted by Crippen LogP contribution is 2.38. The third kappa shape index (κ3) is 4.23. The molecule has 0 saturated heterocycles. The summed E-state index contributed by atoms with van der Waals surface area (Å²) in [4.78, 5) is 11.8. The van der Waals surface area contributed by atoms with Crippen LogP contribution in [-0.4, -0.2) is 11.7 Å². The summed E-state index contributed by atoms with van der Waals surface area (Å²) >= 11 is 1.65. The van der Waals surface area contributed by atoms with Gasteiger partial charge in [-0.3, -0.25) is 5.32 Å². The highest BCUT2D eigenvalue weighted by atomic mass is 32.1. The number of carbonyl (C=O) groups excluding carboxylic acids is 1. The van der Waals surface area contributed by atoms with Gasteiger partial charge in [0.15, 0.2) is 0 Å². The second-order valence-electron chi connectivity index (χ2n) is 6.20. The SMILES string of the molecule is CC(C)(C)OC(=O)Nc1cscc1C1CCCCC1. The van der Waals surface area contributed by atoms with E-state index in [0.717, 1.165) is 5.69 Å². The van der Waals surface area contributed by atoms with Crippen LogP contribution in [0.1, 0.15) is 64.4 Å². The number of carbonyl (C=O) groups is 1. The fourth-order valence-corrected chi connectivity index (χ4v) is 3.42. The zero-order valence-electron chi connectivity index (χ0n) is 12.0. The first-order valence-corrected chi connectivity index (χ1v) is 7.96. The Labute approximate surface area is 119 Å². The Morgan fingerprint density at radius 1 is 1.26 bits per heavy atom. The van der Waals surface area contributed by atoms with E-state index in [4.69, 9.17) is 4.74 Å². The molecule has 1 amide bonds. The summed E-state index contributed by atoms with van der Waals surface area (Å²) < 4.78 is 5.31. The maximum atomic E-state index is 11.8. The summed E-state index contributed by atoms with van der Waals surface area (Å²) in [6, 6.07) is 0. The smallest absolute Gasteiger partial charge is 0.412 e. The first kappa shape index (κ1) is 14.4. The molecule has 4 heteroatoms. The Morgan fingerprint density at radius 2 is 1.95 bits per heavy atom. The van der Waals surface area contributed by atoms with Crippen LogP contribution in [0, 0.1) is 0 Å². The van der Waals surface area contributed by atoms with Crippen molar-refractivity contribution < 1.29 is 9.53 Å². The van der Waals surface area contributed by atoms with Crippen LogP contribution < -0.4 is 5.32 Å². The summed E-state index contributed by atoms with van der Waals surface area (Å²) in [7, 11) is 0. The molecule has 0 spiro atoms. The summed E-state index contributed by atoms with van der Waals surface area (Å²) in [5.74, 6) is 0.602. The lowest BCUT2D eigenvalue weighted by Crippen LogP contribution is -2.27. The Morgan fingerprint density at radius 3 is 2.58 bits per heavy atom. The predicted octanol–water partition coefficient (Wildman–Crippen LogP) is 5.14. The van der Waals surface area contributed by atoms with Crippen LogP contribution in [0.2, 0.25) is 0 Å². The Kier molecular flexibility index (Phi) is 4.50. The molecule has 1 aliphatic carbocycles. The molecule has 1 saturated carbocycles. The van der Waals surface area contributed by atoms with Gasteiger partial charge in [-0.05, 0) is 50.5 Å². The van der Waals surface area contributed by atoms with Crippen LogP contribution in [-0.2, 0) is 4.74 Å². The molecule has 0 radical (unpaired) electrons. The number of hydrogen-bond donors (Lipinski definition) is 1. The quantitative estimate of drug-likeness (QED) is 0.814. The van der Waals surface area contributed by atoms with E-state index < -0.39 is 5.60 Å². The minimum atomic E-state index is -0.453. The van der Waals surface area contributed by atoms with Gasteiger partial charge in [0.25, 0.3) is 0 Å². The van der Waals surface area contributed by atoms with Crippen molar-refractivity contribution >= 4 is 23.1 Å². The number of nitrogens with one attached hydrogen (secondary N) is 1. The van der Waals surface area contributed by atoms with E-state index in [-0.39, 0.29) is 6.09 Å². The van der Waals surface area contributed by atoms with E-state index in [9.17, 15) is 4.79 Å². The first-order chi connectivity index (χ1) is 8.96. The number of thiophene rings is 1. The number of anilines is 1. The fraction of sp³-hybridized carbons (Fsp3) is 0.667. The third-order valence-corrected chi connectivity index (χ3v) is 4.13. The van der Waals surface area contributed by atoms with Crippen molar-refractivity contribution in [2.75, 3.05) is 5.32 Å². The maximum absolute atomic E-state index is 11.8. The number of ether oxygens (including phenoxy) is 1. The fourth-order valence-electron chi connectivity index (χ4n) is 2.55. The molecule has 3 nitrogen and oxygen atoms in total. The normalized spacial score (nSPS) is 17.2. The molecule has 1 aromatic heterocycles. The minimum Gasteiger partial charge on any atom is -0.444 e. The zero-order valence-corrected chi connectivity index (χ0v) is 12.8. The van der Waals surface area contributed by atoms with Gasteiger partial charge in [-0.15, -0.1) is 11.3 Å². The number of rotatable bonds is 2. The molecule has 0 aromatic carbocycles. The molecule has 1 N–H and O–H groups in total. The highest BCUT2D eigenvalue weighted by Gasteiger charge is 2.22. The molecule has 0 unspecified atom stereocenters. The van der Waals surface area contributed by atoms with Gasteiger partial charge in [-0.25, -0.2) is 4.79 Å². The Bertz CT molecular complexity index is 428. The molecule has 1 fully saturated rings. The first-order valence-electron chi connectivity index (χ1n) is 7.02. The van der Waals surface area contributed by atoms with Crippen molar-refractivity contribution in [3.05, 3.63) is 16.3 Å². The van der Waals surface area contributed by atoms with Crippen LogP contribution in [0.25, 0.3) is 0 Å². The van der Waals surface area contributed by atoms with Gasteiger partial charge in [-0.1, -0.05) is 19.3 Å². The van der Waals surface area contributed by atoms with Crippen molar-refractivity contribution in [2.24, 2.45) is 0 Å². The van der Waals surface area contributed by atoms with Crippen molar-refractivity contribution in [1.29, 1.82) is 0 Å². The third-order valence-electron chi connectivity index (χ3n) is 3.37. The number of hydrogen-bond acceptors (Lipinski definition) is 3. The summed E-state index contributed by atoms with van der Waals surface area (Å²) in [6.45, 7) is 5.63. The van der Waals surface area contributed by atoms with Gasteiger partial charge in [0.2, 0.25) is 0 Å². The predicted molar refractivity (Wildman–Crippen MR) is 80.0 cm³/mol. The molecule has 1 heterocycles. The van der Waals surface area contributed by atoms with Gasteiger partial charge in [0, 0.05) is 5.38 Å². The van der Waals surface area contributed by atoms with Gasteiger partial charge in [-0.2, -0.15) is 0 Å². The lowest BCUT2D eigenvalue weighted by atomic mass is 9.85. The Hall–Kier alpha value is -1.03. The summed E-state index contributed by atoms with van der Waals surface area (Å²) in [5.41, 5.74) is 1.77. The molecule has 106 valence electrons. The van der Waals surface area contributed by atoms with Crippen LogP contribution in [0.3, 0.4) is 0 Å². The van der Waals surface area contributed by atoms with E-state index in [0.29, 0.717) is 5.92 Å². The monoisotopic (exact) mass is 281 g/mol. The van der Waals surface area contributed by atoms with E-state index >= 15 is 0 Å². The van der Waals surface area contributed by atoms with Gasteiger partial charge >= 0.3 is 6.09 Å². The van der Waals surface area contributed by atoms with Crippen molar-refractivity contribution in [3.63, 3.8) is 0 Å². The average molecular weight is 281 g/mol. The molecular formula is C15H23NO2S. The number of amides is 1. The molecular weight excluding hydrogens is 258 g/mol. The van der Waals surface area contributed by atoms with Gasteiger partial charge < -0.3 is 4.74 Å². The lowest BCUT2D eigenvalue weighted by Gasteiger charge is -2.23. The standard InChI is InChI=1S/C15H23NO2S/c1-15(2,3)18-14(17)16-13-10-19-9-12(13)11-7-5-4-6-8-11/h9-11H,4-8H2,1-3H3,(H,16,17). The second kappa shape index (κ2) is 5.95. The van der Waals surface area contributed by atoms with E-state index in [2.05, 4.69) is 10.7 Å². The molecule has 1 aliphatic rings. The van der Waals surface area contributed by atoms with Crippen LogP contribution >= 0.6 is 11.3 Å². The summed E-state index contributed by atoms with van der Waals surface area (Å²) in [6.07, 6.45) is 6.05. The highest BCUT2D eigenvalue weighted by molar-refractivity contribution is 7.08. The van der Waals surface area contributed by atoms with Crippen molar-refractivity contribution in [2.45, 2.75) is 64.4 Å².